The van der Waals surface area contributed by atoms with Crippen molar-refractivity contribution in [3.05, 3.63) is 98.9 Å². The molecule has 1 aliphatic heterocycles. The molecule has 0 bridgehead atoms. The number of hydrogen-bond acceptors (Lipinski definition) is 3. The van der Waals surface area contributed by atoms with Crippen molar-refractivity contribution in [1.29, 1.82) is 0 Å². The lowest BCUT2D eigenvalue weighted by atomic mass is 10.1. The Morgan fingerprint density at radius 2 is 1.84 bits per heavy atom. The van der Waals surface area contributed by atoms with Gasteiger partial charge < -0.3 is 10.2 Å². The summed E-state index contributed by atoms with van der Waals surface area (Å²) in [5.41, 5.74) is 4.53. The van der Waals surface area contributed by atoms with E-state index in [0.29, 0.717) is 22.0 Å². The molecule has 0 unspecified atom stereocenters. The van der Waals surface area contributed by atoms with E-state index in [-0.39, 0.29) is 11.8 Å². The Balaban J connectivity index is 1.47. The number of carbonyl (C=O) groups excluding carboxylic acids is 2. The number of halogens is 1. The number of thioether (sulfide) groups is 1. The van der Waals surface area contributed by atoms with Gasteiger partial charge in [0.1, 0.15) is 0 Å². The van der Waals surface area contributed by atoms with Crippen LogP contribution in [0.1, 0.15) is 27.0 Å². The predicted octanol–water partition coefficient (Wildman–Crippen LogP) is 5.73. The number of aryl methyl sites for hydroxylation is 1. The summed E-state index contributed by atoms with van der Waals surface area (Å²) in [5.74, 6) is -0.236. The Morgan fingerprint density at radius 3 is 2.59 bits per heavy atom. The largest absolute Gasteiger partial charge is 0.352 e. The third kappa shape index (κ3) is 4.90. The average molecular weight is 463 g/mol. The quantitative estimate of drug-likeness (QED) is 0.492. The molecule has 0 spiro atoms. The highest BCUT2D eigenvalue weighted by molar-refractivity contribution is 8.04. The van der Waals surface area contributed by atoms with Crippen LogP contribution in [0.4, 0.5) is 5.69 Å². The maximum Gasteiger partial charge on any atom is 0.264 e. The molecule has 1 N–H and O–H groups in total. The van der Waals surface area contributed by atoms with Gasteiger partial charge >= 0.3 is 0 Å². The molecule has 162 valence electrons. The Kier molecular flexibility index (Phi) is 6.68. The van der Waals surface area contributed by atoms with E-state index in [4.69, 9.17) is 11.6 Å². The fraction of sp³-hybridized carbons (Fsp3) is 0.154. The molecule has 3 aromatic rings. The molecule has 0 saturated carbocycles. The molecular formula is C26H23ClN2O2S. The molecule has 1 aliphatic rings. The second kappa shape index (κ2) is 9.63. The van der Waals surface area contributed by atoms with Gasteiger partial charge in [0.2, 0.25) is 0 Å². The Morgan fingerprint density at radius 1 is 1.09 bits per heavy atom. The molecule has 1 heterocycles. The summed E-state index contributed by atoms with van der Waals surface area (Å²) in [6.07, 6.45) is 2.65. The summed E-state index contributed by atoms with van der Waals surface area (Å²) >= 11 is 7.35. The van der Waals surface area contributed by atoms with Gasteiger partial charge in [-0.2, -0.15) is 0 Å². The van der Waals surface area contributed by atoms with Crippen molar-refractivity contribution in [2.45, 2.75) is 18.2 Å². The third-order valence-electron chi connectivity index (χ3n) is 5.41. The standard InChI is InChI=1S/C26H23ClN2O2S/c1-17-5-3-4-6-19(17)16-24-26(31)29(2)22-15-20(9-12-23(22)32-24)25(30)28-14-13-18-7-10-21(27)11-8-18/h3-12,15-16H,13-14H2,1-2H3,(H,28,30). The molecule has 3 aromatic carbocycles. The lowest BCUT2D eigenvalue weighted by Crippen LogP contribution is -2.31. The molecule has 0 aromatic heterocycles. The molecular weight excluding hydrogens is 440 g/mol. The van der Waals surface area contributed by atoms with Crippen molar-refractivity contribution in [3.63, 3.8) is 0 Å². The first-order valence-corrected chi connectivity index (χ1v) is 11.5. The first kappa shape index (κ1) is 22.2. The number of likely N-dealkylation sites (N-methyl/N-ethyl adjacent to an activating group) is 1. The van der Waals surface area contributed by atoms with E-state index in [2.05, 4.69) is 5.32 Å². The zero-order chi connectivity index (χ0) is 22.7. The Labute approximate surface area is 197 Å². The van der Waals surface area contributed by atoms with Gasteiger partial charge in [-0.25, -0.2) is 0 Å². The normalized spacial score (nSPS) is 14.4. The topological polar surface area (TPSA) is 49.4 Å². The number of nitrogens with one attached hydrogen (secondary N) is 1. The lowest BCUT2D eigenvalue weighted by molar-refractivity contribution is -0.114. The zero-order valence-electron chi connectivity index (χ0n) is 17.9. The molecule has 6 heteroatoms. The van der Waals surface area contributed by atoms with Crippen LogP contribution in [0, 0.1) is 6.92 Å². The fourth-order valence-corrected chi connectivity index (χ4v) is 4.71. The van der Waals surface area contributed by atoms with Crippen molar-refractivity contribution in [1.82, 2.24) is 5.32 Å². The maximum atomic E-state index is 13.0. The summed E-state index contributed by atoms with van der Waals surface area (Å²) in [6.45, 7) is 2.55. The molecule has 0 radical (unpaired) electrons. The summed E-state index contributed by atoms with van der Waals surface area (Å²) in [6, 6.07) is 21.1. The van der Waals surface area contributed by atoms with Crippen LogP contribution in [0.5, 0.6) is 0 Å². The fourth-order valence-electron chi connectivity index (χ4n) is 3.50. The number of benzene rings is 3. The molecule has 2 amide bonds. The first-order valence-electron chi connectivity index (χ1n) is 10.3. The highest BCUT2D eigenvalue weighted by atomic mass is 35.5. The van der Waals surface area contributed by atoms with E-state index in [1.807, 2.05) is 67.6 Å². The molecule has 32 heavy (non-hydrogen) atoms. The van der Waals surface area contributed by atoms with Crippen molar-refractivity contribution in [2.24, 2.45) is 0 Å². The van der Waals surface area contributed by atoms with Crippen molar-refractivity contribution >= 4 is 46.9 Å². The van der Waals surface area contributed by atoms with Crippen LogP contribution in [0.15, 0.2) is 76.5 Å². The van der Waals surface area contributed by atoms with Gasteiger partial charge in [-0.15, -0.1) is 0 Å². The van der Waals surface area contributed by atoms with Crippen molar-refractivity contribution in [2.75, 3.05) is 18.5 Å². The van der Waals surface area contributed by atoms with Crippen LogP contribution < -0.4 is 10.2 Å². The SMILES string of the molecule is Cc1ccccc1C=C1Sc2ccc(C(=O)NCCc3ccc(Cl)cc3)cc2N(C)C1=O. The number of hydrogen-bond donors (Lipinski definition) is 1. The van der Waals surface area contributed by atoms with Crippen molar-refractivity contribution in [3.8, 4) is 0 Å². The highest BCUT2D eigenvalue weighted by Crippen LogP contribution is 2.42. The van der Waals surface area contributed by atoms with Gasteiger partial charge in [0.15, 0.2) is 0 Å². The van der Waals surface area contributed by atoms with Crippen LogP contribution in [-0.4, -0.2) is 25.4 Å². The summed E-state index contributed by atoms with van der Waals surface area (Å²) in [7, 11) is 1.74. The minimum Gasteiger partial charge on any atom is -0.352 e. The van der Waals surface area contributed by atoms with E-state index < -0.39 is 0 Å². The van der Waals surface area contributed by atoms with E-state index in [1.165, 1.54) is 11.8 Å². The maximum absolute atomic E-state index is 13.0. The summed E-state index contributed by atoms with van der Waals surface area (Å²) < 4.78 is 0. The number of rotatable bonds is 5. The molecule has 0 saturated heterocycles. The predicted molar refractivity (Wildman–Crippen MR) is 132 cm³/mol. The van der Waals surface area contributed by atoms with Crippen LogP contribution >= 0.6 is 23.4 Å². The van der Waals surface area contributed by atoms with E-state index in [9.17, 15) is 9.59 Å². The number of carbonyl (C=O) groups is 2. The monoisotopic (exact) mass is 462 g/mol. The smallest absolute Gasteiger partial charge is 0.264 e. The van der Waals surface area contributed by atoms with E-state index in [0.717, 1.165) is 33.7 Å². The minimum absolute atomic E-state index is 0.0777. The second-order valence-electron chi connectivity index (χ2n) is 7.65. The summed E-state index contributed by atoms with van der Waals surface area (Å²) in [5, 5.41) is 3.64. The molecule has 0 fully saturated rings. The molecule has 4 rings (SSSR count). The van der Waals surface area contributed by atoms with Crippen molar-refractivity contribution < 1.29 is 9.59 Å². The molecule has 4 nitrogen and oxygen atoms in total. The van der Waals surface area contributed by atoms with Gasteiger partial charge in [-0.3, -0.25) is 9.59 Å². The van der Waals surface area contributed by atoms with Gasteiger partial charge in [-0.1, -0.05) is 59.8 Å². The van der Waals surface area contributed by atoms with Gasteiger partial charge in [0.05, 0.1) is 10.6 Å². The van der Waals surface area contributed by atoms with Crippen LogP contribution in [-0.2, 0) is 11.2 Å². The number of fused-ring (bicyclic) bond motifs is 1. The van der Waals surface area contributed by atoms with Crippen LogP contribution in [0.3, 0.4) is 0 Å². The van der Waals surface area contributed by atoms with E-state index in [1.54, 1.807) is 24.1 Å². The molecule has 0 aliphatic carbocycles. The van der Waals surface area contributed by atoms with Crippen LogP contribution in [0.25, 0.3) is 6.08 Å². The van der Waals surface area contributed by atoms with Gasteiger partial charge in [-0.05, 0) is 66.4 Å². The number of amides is 2. The lowest BCUT2D eigenvalue weighted by Gasteiger charge is -2.27. The number of anilines is 1. The van der Waals surface area contributed by atoms with Gasteiger partial charge in [0.25, 0.3) is 11.8 Å². The third-order valence-corrected chi connectivity index (χ3v) is 6.73. The summed E-state index contributed by atoms with van der Waals surface area (Å²) in [4.78, 5) is 28.8. The highest BCUT2D eigenvalue weighted by Gasteiger charge is 2.27. The minimum atomic E-state index is -0.158. The Hall–Kier alpha value is -3.02. The molecule has 0 atom stereocenters. The van der Waals surface area contributed by atoms with Gasteiger partial charge in [0, 0.05) is 29.1 Å². The van der Waals surface area contributed by atoms with Crippen LogP contribution in [0.2, 0.25) is 5.02 Å². The first-order chi connectivity index (χ1) is 15.4. The average Bonchev–Trinajstić information content (AvgIpc) is 2.79. The Bertz CT molecular complexity index is 1200. The zero-order valence-corrected chi connectivity index (χ0v) is 19.5. The second-order valence-corrected chi connectivity index (χ2v) is 9.17. The van der Waals surface area contributed by atoms with E-state index >= 15 is 0 Å². The number of nitrogens with zero attached hydrogens (tertiary/aromatic N) is 1.